The third-order valence-corrected chi connectivity index (χ3v) is 7.96. The van der Waals surface area contributed by atoms with Gasteiger partial charge in [-0.1, -0.05) is 42.5 Å². The summed E-state index contributed by atoms with van der Waals surface area (Å²) in [5.74, 6) is -1.82. The Balaban J connectivity index is 1.64. The van der Waals surface area contributed by atoms with Crippen LogP contribution in [-0.2, 0) is 9.47 Å². The summed E-state index contributed by atoms with van der Waals surface area (Å²) in [4.78, 5) is 0. The number of hydrogen-bond donors (Lipinski definition) is 1. The number of nitriles is 3. The predicted molar refractivity (Wildman–Crippen MR) is 111 cm³/mol. The summed E-state index contributed by atoms with van der Waals surface area (Å²) in [5, 5.41) is 40.0. The fourth-order valence-corrected chi connectivity index (χ4v) is 6.43. The average Bonchev–Trinajstić information content (AvgIpc) is 3.03. The molecule has 6 atom stereocenters. The minimum Gasteiger partial charge on any atom is -0.447 e. The van der Waals surface area contributed by atoms with Gasteiger partial charge in [-0.3, -0.25) is 5.41 Å². The fourth-order valence-electron chi connectivity index (χ4n) is 6.43. The maximum Gasteiger partial charge on any atom is 0.217 e. The summed E-state index contributed by atoms with van der Waals surface area (Å²) >= 11 is 0. The summed E-state index contributed by atoms with van der Waals surface area (Å²) in [6.45, 7) is 0. The Morgan fingerprint density at radius 3 is 2.42 bits per heavy atom. The Morgan fingerprint density at radius 1 is 1.00 bits per heavy atom. The van der Waals surface area contributed by atoms with Crippen molar-refractivity contribution < 1.29 is 9.47 Å². The van der Waals surface area contributed by atoms with Crippen LogP contribution in [0.5, 0.6) is 0 Å². The topological polar surface area (TPSA) is 114 Å². The molecule has 6 unspecified atom stereocenters. The maximum atomic E-state index is 10.5. The van der Waals surface area contributed by atoms with E-state index in [0.29, 0.717) is 19.3 Å². The zero-order chi connectivity index (χ0) is 21.7. The van der Waals surface area contributed by atoms with Crippen molar-refractivity contribution >= 4 is 5.90 Å². The second-order valence-electron chi connectivity index (χ2n) is 9.21. The lowest BCUT2D eigenvalue weighted by Gasteiger charge is -2.54. The predicted octanol–water partition coefficient (Wildman–Crippen LogP) is 4.57. The Labute approximate surface area is 182 Å². The quantitative estimate of drug-likeness (QED) is 0.715. The molecular weight excluding hydrogens is 388 g/mol. The third kappa shape index (κ3) is 2.42. The molecule has 5 rings (SSSR count). The van der Waals surface area contributed by atoms with E-state index < -0.39 is 28.6 Å². The zero-order valence-electron chi connectivity index (χ0n) is 17.3. The Kier molecular flexibility index (Phi) is 4.44. The van der Waals surface area contributed by atoms with Gasteiger partial charge in [0.25, 0.3) is 0 Å². The molecule has 2 heterocycles. The Bertz CT molecular complexity index is 1050. The molecule has 2 aliphatic heterocycles. The third-order valence-electron chi connectivity index (χ3n) is 7.96. The first-order valence-corrected chi connectivity index (χ1v) is 11.0. The molecule has 4 aliphatic rings. The number of rotatable bonds is 2. The molecule has 1 N–H and O–H groups in total. The number of allylic oxidation sites excluding steroid dienone is 2. The zero-order valence-corrected chi connectivity index (χ0v) is 17.3. The number of ether oxygens (including phenoxy) is 2. The SMILES string of the molecule is N#CC1(C#N)C(C2CC=CCC2)OC23CCC(c4ccccc4)CC2C1(C#N)C(=N)O3. The molecule has 2 bridgehead atoms. The van der Waals surface area contributed by atoms with Crippen LogP contribution in [0.1, 0.15) is 50.0 Å². The van der Waals surface area contributed by atoms with E-state index in [0.717, 1.165) is 24.8 Å². The van der Waals surface area contributed by atoms with Gasteiger partial charge in [0.15, 0.2) is 10.8 Å². The standard InChI is InChI=1S/C25H24N4O2/c26-14-23(15-27)21(18-9-5-2-6-10-18)30-25-12-11-19(17-7-3-1-4-8-17)13-20(25)24(23,16-28)22(29)31-25/h1-5,7-8,18-21,29H,6,9-13H2. The van der Waals surface area contributed by atoms with Gasteiger partial charge >= 0.3 is 0 Å². The fraction of sp³-hybridized carbons (Fsp3) is 0.520. The van der Waals surface area contributed by atoms with Crippen LogP contribution >= 0.6 is 0 Å². The van der Waals surface area contributed by atoms with Crippen molar-refractivity contribution in [1.29, 1.82) is 21.2 Å². The largest absolute Gasteiger partial charge is 0.447 e. The molecule has 2 saturated heterocycles. The average molecular weight is 412 g/mol. The highest BCUT2D eigenvalue weighted by Crippen LogP contribution is 2.68. The van der Waals surface area contributed by atoms with Gasteiger partial charge < -0.3 is 9.47 Å². The van der Waals surface area contributed by atoms with Crippen molar-refractivity contribution in [3.63, 3.8) is 0 Å². The van der Waals surface area contributed by atoms with Gasteiger partial charge in [0.1, 0.15) is 0 Å². The van der Waals surface area contributed by atoms with E-state index in [1.54, 1.807) is 0 Å². The van der Waals surface area contributed by atoms with Gasteiger partial charge in [0, 0.05) is 6.42 Å². The van der Waals surface area contributed by atoms with Gasteiger partial charge in [0.2, 0.25) is 11.7 Å². The van der Waals surface area contributed by atoms with E-state index in [9.17, 15) is 15.8 Å². The van der Waals surface area contributed by atoms with E-state index in [1.807, 2.05) is 18.2 Å². The smallest absolute Gasteiger partial charge is 0.217 e. The van der Waals surface area contributed by atoms with Crippen LogP contribution in [0.4, 0.5) is 0 Å². The first-order valence-electron chi connectivity index (χ1n) is 11.0. The molecule has 1 saturated carbocycles. The lowest BCUT2D eigenvalue weighted by Crippen LogP contribution is -2.65. The van der Waals surface area contributed by atoms with Crippen LogP contribution in [0.15, 0.2) is 42.5 Å². The maximum absolute atomic E-state index is 10.5. The van der Waals surface area contributed by atoms with E-state index in [1.165, 1.54) is 0 Å². The van der Waals surface area contributed by atoms with Crippen LogP contribution < -0.4 is 0 Å². The van der Waals surface area contributed by atoms with Crippen LogP contribution in [-0.4, -0.2) is 17.8 Å². The lowest BCUT2D eigenvalue weighted by atomic mass is 9.49. The molecule has 1 aromatic carbocycles. The molecule has 0 radical (unpaired) electrons. The molecule has 0 spiro atoms. The van der Waals surface area contributed by atoms with Crippen LogP contribution in [0.3, 0.4) is 0 Å². The molecule has 0 amide bonds. The highest BCUT2D eigenvalue weighted by Gasteiger charge is 2.81. The molecule has 0 aromatic heterocycles. The van der Waals surface area contributed by atoms with E-state index >= 15 is 0 Å². The second kappa shape index (κ2) is 6.94. The Hall–Kier alpha value is -3.14. The molecule has 6 nitrogen and oxygen atoms in total. The molecular formula is C25H24N4O2. The molecule has 1 aromatic rings. The monoisotopic (exact) mass is 412 g/mol. The lowest BCUT2D eigenvalue weighted by molar-refractivity contribution is -0.303. The summed E-state index contributed by atoms with van der Waals surface area (Å²) < 4.78 is 12.6. The van der Waals surface area contributed by atoms with Gasteiger partial charge in [-0.25, -0.2) is 0 Å². The summed E-state index contributed by atoms with van der Waals surface area (Å²) in [6, 6.07) is 16.8. The second-order valence-corrected chi connectivity index (χ2v) is 9.21. The van der Waals surface area contributed by atoms with Crippen LogP contribution in [0.2, 0.25) is 0 Å². The molecule has 2 aliphatic carbocycles. The van der Waals surface area contributed by atoms with Crippen LogP contribution in [0.25, 0.3) is 0 Å². The van der Waals surface area contributed by atoms with Crippen molar-refractivity contribution in [2.45, 2.75) is 56.3 Å². The highest BCUT2D eigenvalue weighted by molar-refractivity contribution is 5.89. The van der Waals surface area contributed by atoms with Crippen molar-refractivity contribution in [3.8, 4) is 18.2 Å². The number of nitrogens with one attached hydrogen (secondary N) is 1. The number of benzene rings is 1. The summed E-state index contributed by atoms with van der Waals surface area (Å²) in [5.41, 5.74) is -2.25. The van der Waals surface area contributed by atoms with Crippen molar-refractivity contribution in [3.05, 3.63) is 48.0 Å². The summed E-state index contributed by atoms with van der Waals surface area (Å²) in [7, 11) is 0. The molecule has 6 heteroatoms. The van der Waals surface area contributed by atoms with E-state index in [4.69, 9.17) is 14.9 Å². The van der Waals surface area contributed by atoms with Crippen LogP contribution in [0, 0.1) is 62.1 Å². The Morgan fingerprint density at radius 2 is 1.77 bits per heavy atom. The minimum atomic E-state index is -1.78. The molecule has 31 heavy (non-hydrogen) atoms. The highest BCUT2D eigenvalue weighted by atomic mass is 16.7. The first kappa shape index (κ1) is 19.8. The van der Waals surface area contributed by atoms with Gasteiger partial charge in [-0.2, -0.15) is 15.8 Å². The van der Waals surface area contributed by atoms with Gasteiger partial charge in [-0.05, 0) is 49.5 Å². The van der Waals surface area contributed by atoms with Gasteiger partial charge in [0.05, 0.1) is 30.2 Å². The summed E-state index contributed by atoms with van der Waals surface area (Å²) in [6.07, 6.45) is 7.60. The first-order chi connectivity index (χ1) is 15.1. The minimum absolute atomic E-state index is 0.0591. The number of hydrogen-bond acceptors (Lipinski definition) is 6. The molecule has 156 valence electrons. The van der Waals surface area contributed by atoms with Gasteiger partial charge in [-0.15, -0.1) is 0 Å². The van der Waals surface area contributed by atoms with Crippen molar-refractivity contribution in [2.24, 2.45) is 22.7 Å². The van der Waals surface area contributed by atoms with E-state index in [-0.39, 0.29) is 17.7 Å². The van der Waals surface area contributed by atoms with Crippen molar-refractivity contribution in [1.82, 2.24) is 0 Å². The van der Waals surface area contributed by atoms with Crippen molar-refractivity contribution in [2.75, 3.05) is 0 Å². The van der Waals surface area contributed by atoms with E-state index in [2.05, 4.69) is 42.5 Å². The molecule has 3 fully saturated rings. The number of nitrogens with zero attached hydrogens (tertiary/aromatic N) is 3. The normalized spacial score (nSPS) is 40.0.